The fourth-order valence-electron chi connectivity index (χ4n) is 10.4. The van der Waals surface area contributed by atoms with E-state index < -0.39 is 0 Å². The first-order valence-corrected chi connectivity index (χ1v) is 22.4. The summed E-state index contributed by atoms with van der Waals surface area (Å²) in [5, 5.41) is 11.8. The van der Waals surface area contributed by atoms with Crippen LogP contribution in [0.15, 0.2) is 234 Å². The van der Waals surface area contributed by atoms with Gasteiger partial charge in [0.1, 0.15) is 11.2 Å². The third kappa shape index (κ3) is 6.36. The highest BCUT2D eigenvalue weighted by Gasteiger charge is 2.24. The molecule has 0 saturated carbocycles. The monoisotopic (exact) mass is 842 g/mol. The van der Waals surface area contributed by atoms with Crippen molar-refractivity contribution in [3.05, 3.63) is 230 Å². The third-order valence-electron chi connectivity index (χ3n) is 13.2. The number of rotatable bonds is 8. The number of nitrogens with zero attached hydrogens (tertiary/aromatic N) is 2. The Labute approximate surface area is 383 Å². The minimum atomic E-state index is 0.863. The van der Waals surface area contributed by atoms with E-state index in [1.807, 2.05) is 24.5 Å². The van der Waals surface area contributed by atoms with E-state index in [1.165, 1.54) is 54.6 Å². The van der Waals surface area contributed by atoms with Gasteiger partial charge in [0.15, 0.2) is 0 Å². The highest BCUT2D eigenvalue weighted by molar-refractivity contribution is 6.28. The maximum Gasteiger partial charge on any atom is 0.143 e. The molecule has 3 nitrogen and oxygen atoms in total. The van der Waals surface area contributed by atoms with Crippen LogP contribution in [0.4, 0.5) is 0 Å². The van der Waals surface area contributed by atoms with Crippen molar-refractivity contribution in [1.29, 1.82) is 0 Å². The normalized spacial score (nSPS) is 12.1. The molecule has 66 heavy (non-hydrogen) atoms. The van der Waals surface area contributed by atoms with Crippen LogP contribution < -0.4 is 0 Å². The summed E-state index contributed by atoms with van der Waals surface area (Å²) in [6.07, 6.45) is 9.50. The Kier molecular flexibility index (Phi) is 9.54. The number of aliphatic imine (C=N–C) groups is 1. The minimum Gasteiger partial charge on any atom is -0.455 e. The van der Waals surface area contributed by atoms with Gasteiger partial charge in [-0.3, -0.25) is 9.98 Å². The van der Waals surface area contributed by atoms with E-state index in [-0.39, 0.29) is 0 Å². The molecule has 0 bridgehead atoms. The number of fused-ring (bicyclic) bond motifs is 7. The second kappa shape index (κ2) is 16.2. The summed E-state index contributed by atoms with van der Waals surface area (Å²) in [6, 6.07) is 70.4. The molecule has 0 aliphatic heterocycles. The van der Waals surface area contributed by atoms with E-state index in [0.717, 1.165) is 77.2 Å². The molecule has 0 radical (unpaired) electrons. The zero-order valence-corrected chi connectivity index (χ0v) is 36.4. The molecule has 0 N–H and O–H groups in total. The van der Waals surface area contributed by atoms with Gasteiger partial charge in [-0.15, -0.1) is 0 Å². The number of benzene rings is 10. The lowest BCUT2D eigenvalue weighted by Crippen LogP contribution is -1.93. The second-order valence-electron chi connectivity index (χ2n) is 16.9. The summed E-state index contributed by atoms with van der Waals surface area (Å²) < 4.78 is 7.15. The predicted molar refractivity (Wildman–Crippen MR) is 281 cm³/mol. The van der Waals surface area contributed by atoms with Gasteiger partial charge in [-0.05, 0) is 143 Å². The largest absolute Gasteiger partial charge is 0.455 e. The van der Waals surface area contributed by atoms with Gasteiger partial charge in [-0.25, -0.2) is 0 Å². The number of para-hydroxylation sites is 1. The van der Waals surface area contributed by atoms with Gasteiger partial charge in [0.05, 0.1) is 0 Å². The average Bonchev–Trinajstić information content (AvgIpc) is 3.77. The molecule has 2 aromatic heterocycles. The minimum absolute atomic E-state index is 0.863. The molecule has 310 valence electrons. The van der Waals surface area contributed by atoms with Crippen LogP contribution in [0.2, 0.25) is 0 Å². The van der Waals surface area contributed by atoms with Crippen molar-refractivity contribution in [3.63, 3.8) is 0 Å². The Morgan fingerprint density at radius 2 is 0.970 bits per heavy atom. The van der Waals surface area contributed by atoms with Crippen LogP contribution in [0.5, 0.6) is 0 Å². The molecule has 12 aromatic rings. The van der Waals surface area contributed by atoms with E-state index in [0.29, 0.717) is 0 Å². The number of hydrogen-bond acceptors (Lipinski definition) is 3. The molecule has 2 heterocycles. The van der Waals surface area contributed by atoms with Gasteiger partial charge in [-0.2, -0.15) is 0 Å². The highest BCUT2D eigenvalue weighted by atomic mass is 16.3. The lowest BCUT2D eigenvalue weighted by atomic mass is 9.83. The highest BCUT2D eigenvalue weighted by Crippen LogP contribution is 2.50. The fourth-order valence-corrected chi connectivity index (χ4v) is 10.4. The van der Waals surface area contributed by atoms with E-state index in [1.54, 1.807) is 6.20 Å². The lowest BCUT2D eigenvalue weighted by molar-refractivity contribution is 0.670. The predicted octanol–water partition coefficient (Wildman–Crippen LogP) is 17.5. The molecule has 12 rings (SSSR count). The van der Waals surface area contributed by atoms with Crippen LogP contribution in [-0.4, -0.2) is 11.7 Å². The summed E-state index contributed by atoms with van der Waals surface area (Å²) in [5.41, 5.74) is 15.5. The molecule has 0 unspecified atom stereocenters. The van der Waals surface area contributed by atoms with Gasteiger partial charge in [0.25, 0.3) is 0 Å². The lowest BCUT2D eigenvalue weighted by Gasteiger charge is -2.19. The molecule has 0 aliphatic rings. The average molecular weight is 843 g/mol. The van der Waals surface area contributed by atoms with Crippen LogP contribution >= 0.6 is 0 Å². The molecule has 10 aromatic carbocycles. The van der Waals surface area contributed by atoms with E-state index >= 15 is 0 Å². The SMILES string of the molecule is C=N/C=C\C=C(/C)c1cc(-c2cccnc2)cc(-c2c3ccccc3c(-c3cccc4c3oc3cccc(-c5c6ccccc6c(-c6ccccc6)c6ccccc56)c34)c3ccccc23)c1. The van der Waals surface area contributed by atoms with E-state index in [2.05, 4.69) is 218 Å². The second-order valence-corrected chi connectivity index (χ2v) is 16.9. The van der Waals surface area contributed by atoms with Crippen molar-refractivity contribution in [1.82, 2.24) is 4.98 Å². The van der Waals surface area contributed by atoms with Crippen molar-refractivity contribution in [3.8, 4) is 55.6 Å². The molecule has 3 heteroatoms. The first kappa shape index (κ1) is 39.0. The summed E-state index contributed by atoms with van der Waals surface area (Å²) >= 11 is 0. The van der Waals surface area contributed by atoms with Crippen molar-refractivity contribution in [2.24, 2.45) is 4.99 Å². The van der Waals surface area contributed by atoms with Gasteiger partial charge < -0.3 is 4.42 Å². The van der Waals surface area contributed by atoms with Gasteiger partial charge in [0.2, 0.25) is 0 Å². The molecular formula is C63H42N2O. The molecule has 0 atom stereocenters. The molecule has 0 spiro atoms. The van der Waals surface area contributed by atoms with Crippen LogP contribution in [0.3, 0.4) is 0 Å². The zero-order chi connectivity index (χ0) is 44.1. The number of hydrogen-bond donors (Lipinski definition) is 0. The maximum absolute atomic E-state index is 7.15. The van der Waals surface area contributed by atoms with Gasteiger partial charge in [-0.1, -0.05) is 170 Å². The number of furan rings is 1. The number of pyridine rings is 1. The maximum atomic E-state index is 7.15. The molecule has 0 amide bonds. The smallest absolute Gasteiger partial charge is 0.143 e. The standard InChI is InChI=1S/C63H42N2O/c1-40(18-16-34-64-2)43-36-44(42-21-17-35-65-39-42)38-45(37-43)59-48-24-8-12-28-52(48)61(53-29-13-9-25-49(53)59)55-31-14-32-56-62-54(30-15-33-57(62)66-63(55)56)60-50-26-10-6-22-46(50)58(41-19-4-3-5-20-41)47-23-7-11-27-51(47)60/h3-39H,2H2,1H3/b34-16-,40-18+. The summed E-state index contributed by atoms with van der Waals surface area (Å²) in [6.45, 7) is 5.76. The zero-order valence-electron chi connectivity index (χ0n) is 36.4. The number of aromatic nitrogens is 1. The molecular weight excluding hydrogens is 801 g/mol. The van der Waals surface area contributed by atoms with Gasteiger partial charge >= 0.3 is 0 Å². The molecule has 0 saturated heterocycles. The van der Waals surface area contributed by atoms with Crippen molar-refractivity contribution < 1.29 is 4.42 Å². The topological polar surface area (TPSA) is 38.4 Å². The Morgan fingerprint density at radius 3 is 1.56 bits per heavy atom. The van der Waals surface area contributed by atoms with Crippen molar-refractivity contribution in [2.45, 2.75) is 6.92 Å². The Bertz CT molecular complexity index is 3840. The Balaban J connectivity index is 1.12. The summed E-state index contributed by atoms with van der Waals surface area (Å²) in [5.74, 6) is 0. The van der Waals surface area contributed by atoms with E-state index in [9.17, 15) is 0 Å². The molecule has 0 aliphatic carbocycles. The van der Waals surface area contributed by atoms with Crippen LogP contribution in [0, 0.1) is 0 Å². The molecule has 0 fully saturated rings. The first-order valence-electron chi connectivity index (χ1n) is 22.4. The summed E-state index contributed by atoms with van der Waals surface area (Å²) in [7, 11) is 0. The van der Waals surface area contributed by atoms with Crippen molar-refractivity contribution >= 4 is 77.3 Å². The quantitative estimate of drug-likeness (QED) is 0.0868. The van der Waals surface area contributed by atoms with Crippen LogP contribution in [0.1, 0.15) is 12.5 Å². The number of allylic oxidation sites excluding steroid dienone is 3. The Hall–Kier alpha value is -8.66. The van der Waals surface area contributed by atoms with Crippen LogP contribution in [0.25, 0.3) is 126 Å². The van der Waals surface area contributed by atoms with E-state index in [4.69, 9.17) is 4.42 Å². The first-order chi connectivity index (χ1) is 32.7. The van der Waals surface area contributed by atoms with Gasteiger partial charge in [0, 0.05) is 46.1 Å². The summed E-state index contributed by atoms with van der Waals surface area (Å²) in [4.78, 5) is 8.42. The fraction of sp³-hybridized carbons (Fsp3) is 0.0159. The van der Waals surface area contributed by atoms with Crippen LogP contribution in [-0.2, 0) is 0 Å². The Morgan fingerprint density at radius 1 is 0.470 bits per heavy atom. The third-order valence-corrected chi connectivity index (χ3v) is 13.2. The van der Waals surface area contributed by atoms with Crippen molar-refractivity contribution in [2.75, 3.05) is 0 Å².